The molecule has 0 atom stereocenters. The molecule has 6 nitrogen and oxygen atoms in total. The van der Waals surface area contributed by atoms with Crippen LogP contribution in [0.2, 0.25) is 0 Å². The maximum atomic E-state index is 12.4. The van der Waals surface area contributed by atoms with Crippen molar-refractivity contribution in [2.75, 3.05) is 32.8 Å². The van der Waals surface area contributed by atoms with Crippen LogP contribution in [0.1, 0.15) is 13.8 Å². The van der Waals surface area contributed by atoms with Gasteiger partial charge in [-0.1, -0.05) is 0 Å². The fraction of sp³-hybridized carbons (Fsp3) is 0.600. The Morgan fingerprint density at radius 3 is 2.24 bits per heavy atom. The van der Waals surface area contributed by atoms with Crippen LogP contribution >= 0.6 is 0 Å². The normalized spacial score (nSPS) is 17.5. The SMILES string of the molecule is CC(C)(CNS(=O)(=O)c1ccc(OC(F)(F)F)cc1)[NH+]1CCOCC1. The predicted molar refractivity (Wildman–Crippen MR) is 83.9 cm³/mol. The average molecular weight is 383 g/mol. The standard InChI is InChI=1S/C15H21F3N2O4S/c1-14(2,20-7-9-23-10-8-20)11-19-25(21,22)13-5-3-12(4-6-13)24-15(16,17)18/h3-6,19H,7-11H2,1-2H3/p+1. The van der Waals surface area contributed by atoms with Crippen molar-refractivity contribution < 1.29 is 36.0 Å². The van der Waals surface area contributed by atoms with Crippen LogP contribution in [-0.4, -0.2) is 53.2 Å². The number of quaternary nitrogens is 1. The van der Waals surface area contributed by atoms with E-state index >= 15 is 0 Å². The van der Waals surface area contributed by atoms with Gasteiger partial charge in [-0.2, -0.15) is 0 Å². The molecule has 1 aromatic carbocycles. The number of alkyl halides is 3. The summed E-state index contributed by atoms with van der Waals surface area (Å²) in [6.07, 6.45) is -4.82. The minimum Gasteiger partial charge on any atom is -0.406 e. The summed E-state index contributed by atoms with van der Waals surface area (Å²) in [5.41, 5.74) is -0.337. The van der Waals surface area contributed by atoms with Crippen molar-refractivity contribution in [3.8, 4) is 5.75 Å². The number of ether oxygens (including phenoxy) is 2. The van der Waals surface area contributed by atoms with Crippen molar-refractivity contribution in [2.45, 2.75) is 30.6 Å². The van der Waals surface area contributed by atoms with Crippen molar-refractivity contribution in [1.29, 1.82) is 0 Å². The van der Waals surface area contributed by atoms with Crippen molar-refractivity contribution >= 4 is 10.0 Å². The Hall–Kier alpha value is -1.36. The first-order valence-corrected chi connectivity index (χ1v) is 9.26. The van der Waals surface area contributed by atoms with E-state index in [0.717, 1.165) is 37.4 Å². The Kier molecular flexibility index (Phi) is 5.97. The van der Waals surface area contributed by atoms with Gasteiger partial charge >= 0.3 is 6.36 Å². The van der Waals surface area contributed by atoms with E-state index in [1.165, 1.54) is 4.90 Å². The van der Waals surface area contributed by atoms with Crippen LogP contribution < -0.4 is 14.4 Å². The monoisotopic (exact) mass is 383 g/mol. The van der Waals surface area contributed by atoms with Gasteiger partial charge in [0.25, 0.3) is 0 Å². The average Bonchev–Trinajstić information content (AvgIpc) is 2.53. The molecule has 0 saturated carbocycles. The van der Waals surface area contributed by atoms with E-state index in [9.17, 15) is 21.6 Å². The largest absolute Gasteiger partial charge is 0.573 e. The molecule has 0 radical (unpaired) electrons. The minimum atomic E-state index is -4.82. The maximum Gasteiger partial charge on any atom is 0.573 e. The molecule has 1 heterocycles. The quantitative estimate of drug-likeness (QED) is 0.753. The van der Waals surface area contributed by atoms with Crippen molar-refractivity contribution in [2.24, 2.45) is 0 Å². The lowest BCUT2D eigenvalue weighted by Gasteiger charge is -2.37. The highest BCUT2D eigenvalue weighted by Crippen LogP contribution is 2.23. The summed E-state index contributed by atoms with van der Waals surface area (Å²) in [5.74, 6) is -0.468. The second-order valence-electron chi connectivity index (χ2n) is 6.44. The zero-order valence-electron chi connectivity index (χ0n) is 14.0. The summed E-state index contributed by atoms with van der Waals surface area (Å²) in [5, 5.41) is 0. The van der Waals surface area contributed by atoms with Crippen molar-refractivity contribution in [3.63, 3.8) is 0 Å². The molecule has 0 spiro atoms. The molecule has 0 aliphatic carbocycles. The predicted octanol–water partition coefficient (Wildman–Crippen LogP) is 0.557. The fourth-order valence-electron chi connectivity index (χ4n) is 2.60. The summed E-state index contributed by atoms with van der Waals surface area (Å²) >= 11 is 0. The van der Waals surface area contributed by atoms with Crippen LogP contribution in [0, 0.1) is 0 Å². The van der Waals surface area contributed by atoms with E-state index in [1.54, 1.807) is 0 Å². The van der Waals surface area contributed by atoms with Gasteiger partial charge in [-0.25, -0.2) is 13.1 Å². The minimum absolute atomic E-state index is 0.116. The molecule has 1 fully saturated rings. The van der Waals surface area contributed by atoms with Crippen LogP contribution in [0.15, 0.2) is 29.2 Å². The van der Waals surface area contributed by atoms with E-state index in [-0.39, 0.29) is 17.0 Å². The molecule has 10 heteroatoms. The smallest absolute Gasteiger partial charge is 0.406 e. The highest BCUT2D eigenvalue weighted by molar-refractivity contribution is 7.89. The highest BCUT2D eigenvalue weighted by Gasteiger charge is 2.34. The number of hydrogen-bond donors (Lipinski definition) is 2. The number of sulfonamides is 1. The molecule has 142 valence electrons. The number of rotatable bonds is 6. The lowest BCUT2D eigenvalue weighted by atomic mass is 10.0. The Morgan fingerprint density at radius 1 is 1.16 bits per heavy atom. The first-order valence-electron chi connectivity index (χ1n) is 7.78. The number of hydrogen-bond acceptors (Lipinski definition) is 4. The van der Waals surface area contributed by atoms with Gasteiger partial charge in [0.2, 0.25) is 10.0 Å². The summed E-state index contributed by atoms with van der Waals surface area (Å²) in [6, 6.07) is 4.11. The molecule has 1 aliphatic rings. The highest BCUT2D eigenvalue weighted by atomic mass is 32.2. The first kappa shape index (κ1) is 20.0. The van der Waals surface area contributed by atoms with Gasteiger partial charge in [-0.05, 0) is 38.1 Å². The van der Waals surface area contributed by atoms with E-state index in [2.05, 4.69) is 9.46 Å². The summed E-state index contributed by atoms with van der Waals surface area (Å²) in [6.45, 7) is 6.95. The van der Waals surface area contributed by atoms with E-state index in [1.807, 2.05) is 13.8 Å². The summed E-state index contributed by atoms with van der Waals surface area (Å²) in [4.78, 5) is 1.12. The van der Waals surface area contributed by atoms with Crippen LogP contribution in [0.25, 0.3) is 0 Å². The van der Waals surface area contributed by atoms with E-state index < -0.39 is 22.1 Å². The molecular formula is C15H22F3N2O4S+. The maximum absolute atomic E-state index is 12.4. The molecule has 0 bridgehead atoms. The molecule has 1 saturated heterocycles. The Labute approximate surface area is 145 Å². The van der Waals surface area contributed by atoms with Crippen molar-refractivity contribution in [3.05, 3.63) is 24.3 Å². The van der Waals surface area contributed by atoms with Gasteiger partial charge in [0.05, 0.1) is 24.7 Å². The lowest BCUT2D eigenvalue weighted by Crippen LogP contribution is -3.22. The number of nitrogens with one attached hydrogen (secondary N) is 2. The zero-order chi connectivity index (χ0) is 18.7. The zero-order valence-corrected chi connectivity index (χ0v) is 14.8. The van der Waals surface area contributed by atoms with E-state index in [4.69, 9.17) is 4.74 Å². The number of morpholine rings is 1. The second kappa shape index (κ2) is 7.48. The Balaban J connectivity index is 2.01. The molecule has 0 amide bonds. The van der Waals surface area contributed by atoms with Crippen LogP contribution in [-0.2, 0) is 14.8 Å². The molecule has 1 aliphatic heterocycles. The third-order valence-electron chi connectivity index (χ3n) is 4.13. The van der Waals surface area contributed by atoms with Gasteiger partial charge in [-0.15, -0.1) is 13.2 Å². The molecule has 25 heavy (non-hydrogen) atoms. The molecular weight excluding hydrogens is 361 g/mol. The molecule has 1 aromatic rings. The van der Waals surface area contributed by atoms with Gasteiger partial charge in [0.1, 0.15) is 24.4 Å². The molecule has 2 rings (SSSR count). The Bertz CT molecular complexity index is 669. The summed E-state index contributed by atoms with van der Waals surface area (Å²) < 4.78 is 72.7. The second-order valence-corrected chi connectivity index (χ2v) is 8.21. The topological polar surface area (TPSA) is 69.1 Å². The molecule has 0 unspecified atom stereocenters. The van der Waals surface area contributed by atoms with Crippen LogP contribution in [0.3, 0.4) is 0 Å². The molecule has 2 N–H and O–H groups in total. The van der Waals surface area contributed by atoms with Crippen molar-refractivity contribution in [1.82, 2.24) is 4.72 Å². The number of halogens is 3. The van der Waals surface area contributed by atoms with Crippen LogP contribution in [0.5, 0.6) is 5.75 Å². The van der Waals surface area contributed by atoms with E-state index in [0.29, 0.717) is 13.2 Å². The van der Waals surface area contributed by atoms with Gasteiger partial charge < -0.3 is 14.4 Å². The van der Waals surface area contributed by atoms with Crippen LogP contribution in [0.4, 0.5) is 13.2 Å². The van der Waals surface area contributed by atoms with Gasteiger partial charge in [0.15, 0.2) is 0 Å². The third-order valence-corrected chi connectivity index (χ3v) is 5.54. The summed E-state index contributed by atoms with van der Waals surface area (Å²) in [7, 11) is -3.82. The third kappa shape index (κ3) is 5.84. The molecule has 0 aromatic heterocycles. The Morgan fingerprint density at radius 2 is 1.72 bits per heavy atom. The lowest BCUT2D eigenvalue weighted by molar-refractivity contribution is -0.954. The first-order chi connectivity index (χ1) is 11.5. The fourth-order valence-corrected chi connectivity index (χ4v) is 3.81. The van der Waals surface area contributed by atoms with Gasteiger partial charge in [0, 0.05) is 0 Å². The number of benzene rings is 1. The van der Waals surface area contributed by atoms with Gasteiger partial charge in [-0.3, -0.25) is 0 Å².